The summed E-state index contributed by atoms with van der Waals surface area (Å²) in [5, 5.41) is 0.656. The van der Waals surface area contributed by atoms with Crippen molar-refractivity contribution >= 4 is 39.3 Å². The molecule has 2 aromatic rings. The number of piperazine rings is 1. The summed E-state index contributed by atoms with van der Waals surface area (Å²) in [7, 11) is 1.60. The van der Waals surface area contributed by atoms with Crippen LogP contribution in [0.4, 0.5) is 11.8 Å². The Hall–Kier alpha value is -1.60. The molecule has 1 aliphatic heterocycles. The van der Waals surface area contributed by atoms with Crippen molar-refractivity contribution < 1.29 is 4.74 Å². The smallest absolute Gasteiger partial charge is 0.225 e. The molecule has 0 radical (unpaired) electrons. The standard InChI is InChI=1S/C14H15BrClN5O/c1-22-11-8-18-14(19-9-11)21-4-2-20(3-5-21)13-12(16)6-10(15)7-17-13/h6-9H,2-5H2,1H3. The minimum atomic E-state index is 0.656. The molecule has 116 valence electrons. The van der Waals surface area contributed by atoms with Gasteiger partial charge in [-0.2, -0.15) is 0 Å². The minimum Gasteiger partial charge on any atom is -0.494 e. The van der Waals surface area contributed by atoms with Gasteiger partial charge in [-0.15, -0.1) is 0 Å². The van der Waals surface area contributed by atoms with Gasteiger partial charge in [0.25, 0.3) is 0 Å². The molecule has 0 amide bonds. The Balaban J connectivity index is 1.66. The molecule has 0 atom stereocenters. The van der Waals surface area contributed by atoms with E-state index in [1.54, 1.807) is 25.7 Å². The van der Waals surface area contributed by atoms with Crippen molar-refractivity contribution in [2.45, 2.75) is 0 Å². The molecule has 3 heterocycles. The fourth-order valence-electron chi connectivity index (χ4n) is 2.34. The normalized spacial score (nSPS) is 15.0. The molecule has 6 nitrogen and oxygen atoms in total. The van der Waals surface area contributed by atoms with Gasteiger partial charge in [0.1, 0.15) is 5.82 Å². The summed E-state index contributed by atoms with van der Waals surface area (Å²) in [6.45, 7) is 3.29. The maximum atomic E-state index is 6.26. The van der Waals surface area contributed by atoms with Gasteiger partial charge in [-0.25, -0.2) is 15.0 Å². The third-order valence-electron chi connectivity index (χ3n) is 3.50. The predicted molar refractivity (Wildman–Crippen MR) is 90.0 cm³/mol. The van der Waals surface area contributed by atoms with E-state index >= 15 is 0 Å². The quantitative estimate of drug-likeness (QED) is 0.811. The van der Waals surface area contributed by atoms with Crippen molar-refractivity contribution in [2.24, 2.45) is 0 Å². The van der Waals surface area contributed by atoms with Crippen LogP contribution in [0.3, 0.4) is 0 Å². The van der Waals surface area contributed by atoms with E-state index in [9.17, 15) is 0 Å². The van der Waals surface area contributed by atoms with Crippen LogP contribution in [-0.4, -0.2) is 48.2 Å². The van der Waals surface area contributed by atoms with Gasteiger partial charge >= 0.3 is 0 Å². The number of halogens is 2. The predicted octanol–water partition coefficient (Wildman–Crippen LogP) is 2.62. The van der Waals surface area contributed by atoms with Gasteiger partial charge in [-0.05, 0) is 22.0 Å². The van der Waals surface area contributed by atoms with E-state index in [0.29, 0.717) is 10.8 Å². The Morgan fingerprint density at radius 1 is 1.05 bits per heavy atom. The molecule has 1 saturated heterocycles. The van der Waals surface area contributed by atoms with Crippen LogP contribution in [0.1, 0.15) is 0 Å². The van der Waals surface area contributed by atoms with Crippen molar-refractivity contribution in [2.75, 3.05) is 43.1 Å². The van der Waals surface area contributed by atoms with E-state index in [2.05, 4.69) is 40.7 Å². The molecule has 0 N–H and O–H groups in total. The number of ether oxygens (including phenoxy) is 1. The molecule has 2 aromatic heterocycles. The van der Waals surface area contributed by atoms with Crippen LogP contribution in [0, 0.1) is 0 Å². The number of pyridine rings is 1. The van der Waals surface area contributed by atoms with Crippen LogP contribution in [0.5, 0.6) is 5.75 Å². The summed E-state index contributed by atoms with van der Waals surface area (Å²) < 4.78 is 5.96. The molecule has 1 aliphatic rings. The Labute approximate surface area is 142 Å². The number of nitrogens with zero attached hydrogens (tertiary/aromatic N) is 5. The molecule has 0 spiro atoms. The Morgan fingerprint density at radius 2 is 1.68 bits per heavy atom. The maximum absolute atomic E-state index is 6.26. The number of rotatable bonds is 3. The lowest BCUT2D eigenvalue weighted by Crippen LogP contribution is -2.47. The summed E-state index contributed by atoms with van der Waals surface area (Å²) >= 11 is 9.63. The number of aromatic nitrogens is 3. The van der Waals surface area contributed by atoms with Gasteiger partial charge in [0.15, 0.2) is 5.75 Å². The van der Waals surface area contributed by atoms with E-state index in [0.717, 1.165) is 42.4 Å². The lowest BCUT2D eigenvalue weighted by atomic mass is 10.3. The third kappa shape index (κ3) is 3.25. The van der Waals surface area contributed by atoms with Gasteiger partial charge < -0.3 is 14.5 Å². The third-order valence-corrected chi connectivity index (χ3v) is 4.21. The Bertz CT molecular complexity index is 646. The van der Waals surface area contributed by atoms with Gasteiger partial charge in [0, 0.05) is 36.8 Å². The zero-order chi connectivity index (χ0) is 15.5. The zero-order valence-corrected chi connectivity index (χ0v) is 14.4. The fourth-order valence-corrected chi connectivity index (χ4v) is 3.09. The molecule has 0 aromatic carbocycles. The molecule has 0 bridgehead atoms. The number of hydrogen-bond acceptors (Lipinski definition) is 6. The van der Waals surface area contributed by atoms with Gasteiger partial charge in [-0.1, -0.05) is 11.6 Å². The second-order valence-corrected chi connectivity index (χ2v) is 6.18. The van der Waals surface area contributed by atoms with Crippen LogP contribution < -0.4 is 14.5 Å². The molecule has 22 heavy (non-hydrogen) atoms. The lowest BCUT2D eigenvalue weighted by Gasteiger charge is -2.35. The molecule has 0 saturated carbocycles. The van der Waals surface area contributed by atoms with Crippen molar-refractivity contribution in [1.82, 2.24) is 15.0 Å². The number of methoxy groups -OCH3 is 1. The summed E-state index contributed by atoms with van der Waals surface area (Å²) in [5.41, 5.74) is 0. The highest BCUT2D eigenvalue weighted by Gasteiger charge is 2.21. The first-order chi connectivity index (χ1) is 10.7. The van der Waals surface area contributed by atoms with Crippen LogP contribution in [0.2, 0.25) is 5.02 Å². The Morgan fingerprint density at radius 3 is 2.27 bits per heavy atom. The molecule has 1 fully saturated rings. The highest BCUT2D eigenvalue weighted by atomic mass is 79.9. The van der Waals surface area contributed by atoms with Crippen molar-refractivity contribution in [1.29, 1.82) is 0 Å². The van der Waals surface area contributed by atoms with Crippen LogP contribution in [0.15, 0.2) is 29.1 Å². The van der Waals surface area contributed by atoms with Crippen LogP contribution >= 0.6 is 27.5 Å². The lowest BCUT2D eigenvalue weighted by molar-refractivity contribution is 0.410. The van der Waals surface area contributed by atoms with Gasteiger partial charge in [-0.3, -0.25) is 0 Å². The first-order valence-electron chi connectivity index (χ1n) is 6.84. The Kier molecular flexibility index (Phi) is 4.63. The van der Waals surface area contributed by atoms with Gasteiger partial charge in [0.05, 0.1) is 24.5 Å². The zero-order valence-electron chi connectivity index (χ0n) is 12.0. The number of hydrogen-bond donors (Lipinski definition) is 0. The van der Waals surface area contributed by atoms with Crippen molar-refractivity contribution in [3.8, 4) is 5.75 Å². The van der Waals surface area contributed by atoms with E-state index in [1.807, 2.05) is 6.07 Å². The van der Waals surface area contributed by atoms with Crippen molar-refractivity contribution in [3.05, 3.63) is 34.2 Å². The van der Waals surface area contributed by atoms with E-state index in [4.69, 9.17) is 16.3 Å². The molecule has 3 rings (SSSR count). The average molecular weight is 385 g/mol. The molecular weight excluding hydrogens is 370 g/mol. The first kappa shape index (κ1) is 15.3. The van der Waals surface area contributed by atoms with Gasteiger partial charge in [0.2, 0.25) is 5.95 Å². The molecule has 0 aliphatic carbocycles. The second kappa shape index (κ2) is 6.66. The first-order valence-corrected chi connectivity index (χ1v) is 8.01. The fraction of sp³-hybridized carbons (Fsp3) is 0.357. The monoisotopic (exact) mass is 383 g/mol. The van der Waals surface area contributed by atoms with E-state index < -0.39 is 0 Å². The number of anilines is 2. The molecular formula is C14H15BrClN5O. The second-order valence-electron chi connectivity index (χ2n) is 4.86. The highest BCUT2D eigenvalue weighted by Crippen LogP contribution is 2.27. The minimum absolute atomic E-state index is 0.656. The van der Waals surface area contributed by atoms with Crippen LogP contribution in [-0.2, 0) is 0 Å². The summed E-state index contributed by atoms with van der Waals surface area (Å²) in [6.07, 6.45) is 5.13. The summed E-state index contributed by atoms with van der Waals surface area (Å²) in [4.78, 5) is 17.4. The topological polar surface area (TPSA) is 54.4 Å². The molecule has 8 heteroatoms. The van der Waals surface area contributed by atoms with Crippen molar-refractivity contribution in [3.63, 3.8) is 0 Å². The van der Waals surface area contributed by atoms with E-state index in [1.165, 1.54) is 0 Å². The molecule has 0 unspecified atom stereocenters. The van der Waals surface area contributed by atoms with Crippen LogP contribution in [0.25, 0.3) is 0 Å². The SMILES string of the molecule is COc1cnc(N2CCN(c3ncc(Br)cc3Cl)CC2)nc1. The average Bonchev–Trinajstić information content (AvgIpc) is 2.55. The van der Waals surface area contributed by atoms with E-state index in [-0.39, 0.29) is 0 Å². The maximum Gasteiger partial charge on any atom is 0.225 e. The summed E-state index contributed by atoms with van der Waals surface area (Å²) in [6, 6.07) is 1.86. The largest absolute Gasteiger partial charge is 0.494 e. The highest BCUT2D eigenvalue weighted by molar-refractivity contribution is 9.10. The summed E-state index contributed by atoms with van der Waals surface area (Å²) in [5.74, 6) is 2.20.